The molecule has 21 heavy (non-hydrogen) atoms. The molecule has 3 rings (SSSR count). The lowest BCUT2D eigenvalue weighted by molar-refractivity contribution is 0.676. The van der Waals surface area contributed by atoms with E-state index < -0.39 is 0 Å². The van der Waals surface area contributed by atoms with Crippen molar-refractivity contribution in [2.24, 2.45) is 7.05 Å². The summed E-state index contributed by atoms with van der Waals surface area (Å²) in [6, 6.07) is 10.2. The molecule has 1 aromatic carbocycles. The van der Waals surface area contributed by atoms with E-state index in [4.69, 9.17) is 5.73 Å². The largest absolute Gasteiger partial charge is 0.394 e. The van der Waals surface area contributed by atoms with Gasteiger partial charge >= 0.3 is 0 Å². The van der Waals surface area contributed by atoms with Crippen LogP contribution in [0.25, 0.3) is 16.9 Å². The molecule has 0 bridgehead atoms. The van der Waals surface area contributed by atoms with Gasteiger partial charge in [0.15, 0.2) is 5.82 Å². The van der Waals surface area contributed by atoms with Crippen LogP contribution in [-0.4, -0.2) is 19.6 Å². The van der Waals surface area contributed by atoms with E-state index in [1.807, 2.05) is 37.6 Å². The fraction of sp³-hybridized carbons (Fsp3) is 0.250. The average molecular weight is 281 g/mol. The van der Waals surface area contributed by atoms with Crippen molar-refractivity contribution in [3.8, 4) is 16.9 Å². The molecule has 0 radical (unpaired) electrons. The molecule has 0 aliphatic rings. The van der Waals surface area contributed by atoms with Gasteiger partial charge in [0, 0.05) is 18.8 Å². The average Bonchev–Trinajstić information content (AvgIpc) is 3.05. The molecule has 0 saturated heterocycles. The molecule has 0 fully saturated rings. The monoisotopic (exact) mass is 281 g/mol. The molecule has 0 atom stereocenters. The maximum absolute atomic E-state index is 6.24. The fourth-order valence-corrected chi connectivity index (χ4v) is 2.47. The number of aryl methyl sites for hydroxylation is 1. The van der Waals surface area contributed by atoms with Crippen molar-refractivity contribution in [1.82, 2.24) is 19.6 Å². The van der Waals surface area contributed by atoms with Crippen LogP contribution in [0, 0.1) is 0 Å². The number of aromatic nitrogens is 4. The van der Waals surface area contributed by atoms with Crippen molar-refractivity contribution < 1.29 is 0 Å². The van der Waals surface area contributed by atoms with E-state index in [0.717, 1.165) is 22.6 Å². The number of hydrogen-bond donors (Lipinski definition) is 1. The lowest BCUT2D eigenvalue weighted by atomic mass is 10.1. The molecule has 5 heteroatoms. The Morgan fingerprint density at radius 2 is 1.81 bits per heavy atom. The zero-order valence-electron chi connectivity index (χ0n) is 12.5. The molecule has 2 N–H and O–H groups in total. The number of nitrogen functional groups attached to an aromatic ring is 1. The predicted molar refractivity (Wildman–Crippen MR) is 84.3 cm³/mol. The molecular formula is C16H19N5. The van der Waals surface area contributed by atoms with Crippen molar-refractivity contribution >= 4 is 5.69 Å². The highest BCUT2D eigenvalue weighted by atomic mass is 15.4. The third-order valence-electron chi connectivity index (χ3n) is 3.53. The minimum absolute atomic E-state index is 0.286. The van der Waals surface area contributed by atoms with Crippen molar-refractivity contribution in [3.63, 3.8) is 0 Å². The van der Waals surface area contributed by atoms with E-state index in [1.54, 1.807) is 9.36 Å². The van der Waals surface area contributed by atoms with Crippen molar-refractivity contribution in [2.75, 3.05) is 5.73 Å². The number of nitrogens with zero attached hydrogens (tertiary/aromatic N) is 4. The normalized spacial score (nSPS) is 11.2. The Bertz CT molecular complexity index is 752. The van der Waals surface area contributed by atoms with Gasteiger partial charge in [-0.2, -0.15) is 10.2 Å². The maximum atomic E-state index is 6.24. The third-order valence-corrected chi connectivity index (χ3v) is 3.53. The SMILES string of the molecule is CC(C)c1nn(C)c(-n2cc(-c3ccccc3)cn2)c1N. The van der Waals surface area contributed by atoms with Gasteiger partial charge in [-0.05, 0) is 11.5 Å². The number of anilines is 1. The van der Waals surface area contributed by atoms with Gasteiger partial charge in [-0.3, -0.25) is 0 Å². The number of benzene rings is 1. The zero-order chi connectivity index (χ0) is 15.0. The number of nitrogens with two attached hydrogens (primary N) is 1. The lowest BCUT2D eigenvalue weighted by Gasteiger charge is -2.03. The summed E-state index contributed by atoms with van der Waals surface area (Å²) < 4.78 is 3.57. The summed E-state index contributed by atoms with van der Waals surface area (Å²) >= 11 is 0. The molecule has 0 unspecified atom stereocenters. The van der Waals surface area contributed by atoms with Crippen molar-refractivity contribution in [3.05, 3.63) is 48.4 Å². The maximum Gasteiger partial charge on any atom is 0.175 e. The molecule has 0 aliphatic carbocycles. The second-order valence-electron chi connectivity index (χ2n) is 5.44. The Morgan fingerprint density at radius 1 is 1.10 bits per heavy atom. The molecule has 0 amide bonds. The van der Waals surface area contributed by atoms with Gasteiger partial charge in [0.1, 0.15) is 5.69 Å². The summed E-state index contributed by atoms with van der Waals surface area (Å²) in [7, 11) is 1.89. The second-order valence-corrected chi connectivity index (χ2v) is 5.44. The summed E-state index contributed by atoms with van der Waals surface area (Å²) in [4.78, 5) is 0. The van der Waals surface area contributed by atoms with E-state index in [-0.39, 0.29) is 5.92 Å². The van der Waals surface area contributed by atoms with Gasteiger partial charge in [0.05, 0.1) is 11.9 Å². The minimum atomic E-state index is 0.286. The summed E-state index contributed by atoms with van der Waals surface area (Å²) in [5.41, 5.74) is 10.0. The van der Waals surface area contributed by atoms with E-state index in [2.05, 4.69) is 36.2 Å². The molecule has 0 aliphatic heterocycles. The Labute approximate surface area is 124 Å². The summed E-state index contributed by atoms with van der Waals surface area (Å²) in [5, 5.41) is 8.93. The van der Waals surface area contributed by atoms with Gasteiger partial charge in [0.25, 0.3) is 0 Å². The van der Waals surface area contributed by atoms with E-state index in [9.17, 15) is 0 Å². The van der Waals surface area contributed by atoms with Crippen LogP contribution in [0.4, 0.5) is 5.69 Å². The fourth-order valence-electron chi connectivity index (χ4n) is 2.47. The first-order valence-corrected chi connectivity index (χ1v) is 7.00. The van der Waals surface area contributed by atoms with E-state index in [0.29, 0.717) is 5.69 Å². The minimum Gasteiger partial charge on any atom is -0.394 e. The molecular weight excluding hydrogens is 262 g/mol. The second kappa shape index (κ2) is 5.09. The van der Waals surface area contributed by atoms with Crippen LogP contribution < -0.4 is 5.73 Å². The van der Waals surface area contributed by atoms with Crippen LogP contribution >= 0.6 is 0 Å². The van der Waals surface area contributed by atoms with Gasteiger partial charge in [0.2, 0.25) is 0 Å². The smallest absolute Gasteiger partial charge is 0.175 e. The first-order valence-electron chi connectivity index (χ1n) is 7.00. The zero-order valence-corrected chi connectivity index (χ0v) is 12.5. The van der Waals surface area contributed by atoms with Crippen molar-refractivity contribution in [2.45, 2.75) is 19.8 Å². The van der Waals surface area contributed by atoms with Gasteiger partial charge in [-0.1, -0.05) is 44.2 Å². The molecule has 2 aromatic heterocycles. The van der Waals surface area contributed by atoms with E-state index >= 15 is 0 Å². The summed E-state index contributed by atoms with van der Waals surface area (Å²) in [6.07, 6.45) is 3.82. The third kappa shape index (κ3) is 2.31. The highest BCUT2D eigenvalue weighted by molar-refractivity contribution is 5.64. The Kier molecular flexibility index (Phi) is 3.25. The molecule has 0 saturated carbocycles. The topological polar surface area (TPSA) is 61.7 Å². The van der Waals surface area contributed by atoms with Crippen LogP contribution in [0.2, 0.25) is 0 Å². The Morgan fingerprint density at radius 3 is 2.43 bits per heavy atom. The predicted octanol–water partition coefficient (Wildman–Crippen LogP) is 2.98. The molecule has 3 aromatic rings. The van der Waals surface area contributed by atoms with Crippen LogP contribution in [-0.2, 0) is 7.05 Å². The van der Waals surface area contributed by atoms with Crippen LogP contribution in [0.5, 0.6) is 0 Å². The van der Waals surface area contributed by atoms with Crippen LogP contribution in [0.1, 0.15) is 25.5 Å². The van der Waals surface area contributed by atoms with Crippen LogP contribution in [0.15, 0.2) is 42.7 Å². The molecule has 5 nitrogen and oxygen atoms in total. The standard InChI is InChI=1S/C16H19N5/c1-11(2)15-14(17)16(20(3)19-15)21-10-13(9-18-21)12-7-5-4-6-8-12/h4-11H,17H2,1-3H3. The summed E-state index contributed by atoms with van der Waals surface area (Å²) in [6.45, 7) is 4.17. The highest BCUT2D eigenvalue weighted by Crippen LogP contribution is 2.27. The van der Waals surface area contributed by atoms with Gasteiger partial charge in [-0.15, -0.1) is 0 Å². The van der Waals surface area contributed by atoms with E-state index in [1.165, 1.54) is 0 Å². The number of rotatable bonds is 3. The van der Waals surface area contributed by atoms with Gasteiger partial charge < -0.3 is 5.73 Å². The highest BCUT2D eigenvalue weighted by Gasteiger charge is 2.18. The summed E-state index contributed by atoms with van der Waals surface area (Å²) in [5.74, 6) is 1.09. The Balaban J connectivity index is 2.05. The van der Waals surface area contributed by atoms with Gasteiger partial charge in [-0.25, -0.2) is 9.36 Å². The van der Waals surface area contributed by atoms with Crippen molar-refractivity contribution in [1.29, 1.82) is 0 Å². The molecule has 0 spiro atoms. The molecule has 108 valence electrons. The first-order chi connectivity index (χ1) is 10.1. The first kappa shape index (κ1) is 13.4. The number of hydrogen-bond acceptors (Lipinski definition) is 3. The van der Waals surface area contributed by atoms with Crippen LogP contribution in [0.3, 0.4) is 0 Å². The Hall–Kier alpha value is -2.56. The lowest BCUT2D eigenvalue weighted by Crippen LogP contribution is -2.05. The molecule has 2 heterocycles. The quantitative estimate of drug-likeness (QED) is 0.802.